The molecule has 23 heavy (non-hydrogen) atoms. The molecule has 1 heterocycles. The van der Waals surface area contributed by atoms with Gasteiger partial charge in [-0.15, -0.1) is 0 Å². The molecule has 0 amide bonds. The highest BCUT2D eigenvalue weighted by Crippen LogP contribution is 2.26. The van der Waals surface area contributed by atoms with Gasteiger partial charge < -0.3 is 0 Å². The monoisotopic (exact) mass is 298 g/mol. The number of allylic oxidation sites excluding steroid dienone is 1. The van der Waals surface area contributed by atoms with Gasteiger partial charge in [0.25, 0.3) is 0 Å². The molecule has 110 valence electrons. The van der Waals surface area contributed by atoms with Gasteiger partial charge >= 0.3 is 0 Å². The number of hydrogen-bond acceptors (Lipinski definition) is 3. The number of aromatic nitrogens is 2. The predicted octanol–water partition coefficient (Wildman–Crippen LogP) is 4.07. The SMILES string of the molecule is Cc1nn(-c2cccc3ccccc23)c(C)c1C=C(C#N)C#N. The molecule has 0 N–H and O–H groups in total. The first-order chi connectivity index (χ1) is 11.2. The van der Waals surface area contributed by atoms with Crippen molar-refractivity contribution in [3.63, 3.8) is 0 Å². The number of aryl methyl sites for hydroxylation is 1. The Morgan fingerprint density at radius 3 is 2.48 bits per heavy atom. The number of rotatable bonds is 2. The Morgan fingerprint density at radius 1 is 1.04 bits per heavy atom. The number of benzene rings is 2. The lowest BCUT2D eigenvalue weighted by Gasteiger charge is -2.08. The van der Waals surface area contributed by atoms with Crippen LogP contribution in [0.4, 0.5) is 0 Å². The number of nitriles is 2. The van der Waals surface area contributed by atoms with Crippen LogP contribution in [0.3, 0.4) is 0 Å². The van der Waals surface area contributed by atoms with Crippen molar-refractivity contribution in [3.8, 4) is 17.8 Å². The molecule has 0 saturated carbocycles. The molecule has 0 radical (unpaired) electrons. The maximum absolute atomic E-state index is 8.97. The zero-order valence-electron chi connectivity index (χ0n) is 12.9. The van der Waals surface area contributed by atoms with Crippen LogP contribution in [0.2, 0.25) is 0 Å². The van der Waals surface area contributed by atoms with Crippen LogP contribution in [0, 0.1) is 36.5 Å². The molecule has 0 spiro atoms. The van der Waals surface area contributed by atoms with Crippen LogP contribution in [0.1, 0.15) is 17.0 Å². The van der Waals surface area contributed by atoms with E-state index in [-0.39, 0.29) is 5.57 Å². The van der Waals surface area contributed by atoms with Crippen molar-refractivity contribution < 1.29 is 0 Å². The highest BCUT2D eigenvalue weighted by atomic mass is 15.3. The highest BCUT2D eigenvalue weighted by Gasteiger charge is 2.13. The second-order valence-corrected chi connectivity index (χ2v) is 5.28. The van der Waals surface area contributed by atoms with Crippen LogP contribution in [-0.2, 0) is 0 Å². The molecule has 0 unspecified atom stereocenters. The largest absolute Gasteiger partial charge is 0.237 e. The van der Waals surface area contributed by atoms with Crippen molar-refractivity contribution in [1.82, 2.24) is 9.78 Å². The molecule has 0 saturated heterocycles. The maximum Gasteiger partial charge on any atom is 0.130 e. The third-order valence-corrected chi connectivity index (χ3v) is 3.87. The summed E-state index contributed by atoms with van der Waals surface area (Å²) in [5.74, 6) is 0. The van der Waals surface area contributed by atoms with E-state index >= 15 is 0 Å². The van der Waals surface area contributed by atoms with E-state index in [9.17, 15) is 0 Å². The second kappa shape index (κ2) is 5.79. The van der Waals surface area contributed by atoms with E-state index in [1.807, 2.05) is 54.9 Å². The summed E-state index contributed by atoms with van der Waals surface area (Å²) in [5.41, 5.74) is 3.57. The predicted molar refractivity (Wildman–Crippen MR) is 89.7 cm³/mol. The minimum absolute atomic E-state index is 0.0775. The molecule has 3 aromatic rings. The van der Waals surface area contributed by atoms with Crippen LogP contribution < -0.4 is 0 Å². The Bertz CT molecular complexity index is 989. The summed E-state index contributed by atoms with van der Waals surface area (Å²) in [6.07, 6.45) is 1.60. The molecular formula is C19H14N4. The number of nitrogens with zero attached hydrogens (tertiary/aromatic N) is 4. The van der Waals surface area contributed by atoms with Crippen LogP contribution in [0.25, 0.3) is 22.5 Å². The first-order valence-electron chi connectivity index (χ1n) is 7.22. The Morgan fingerprint density at radius 2 is 1.74 bits per heavy atom. The smallest absolute Gasteiger partial charge is 0.130 e. The van der Waals surface area contributed by atoms with Gasteiger partial charge in [0, 0.05) is 16.6 Å². The zero-order valence-corrected chi connectivity index (χ0v) is 12.9. The van der Waals surface area contributed by atoms with Crippen molar-refractivity contribution in [1.29, 1.82) is 10.5 Å². The van der Waals surface area contributed by atoms with Gasteiger partial charge in [0.05, 0.1) is 11.4 Å². The molecule has 4 heteroatoms. The number of fused-ring (bicyclic) bond motifs is 1. The van der Waals surface area contributed by atoms with Crippen molar-refractivity contribution in [2.75, 3.05) is 0 Å². The fourth-order valence-corrected chi connectivity index (χ4v) is 2.73. The van der Waals surface area contributed by atoms with Gasteiger partial charge in [-0.3, -0.25) is 0 Å². The lowest BCUT2D eigenvalue weighted by atomic mass is 10.1. The Hall–Kier alpha value is -3.37. The molecule has 4 nitrogen and oxygen atoms in total. The van der Waals surface area contributed by atoms with Gasteiger partial charge in [-0.25, -0.2) is 4.68 Å². The third kappa shape index (κ3) is 2.47. The quantitative estimate of drug-likeness (QED) is 0.670. The molecular weight excluding hydrogens is 284 g/mol. The van der Waals surface area contributed by atoms with Crippen LogP contribution in [0.5, 0.6) is 0 Å². The summed E-state index contributed by atoms with van der Waals surface area (Å²) in [5, 5.41) is 24.8. The van der Waals surface area contributed by atoms with E-state index in [1.54, 1.807) is 6.08 Å². The van der Waals surface area contributed by atoms with E-state index in [0.29, 0.717) is 0 Å². The Balaban J connectivity index is 2.25. The third-order valence-electron chi connectivity index (χ3n) is 3.87. The average Bonchev–Trinajstić information content (AvgIpc) is 2.86. The standard InChI is InChI=1S/C19H14N4/c1-13-18(10-15(11-20)12-21)14(2)23(22-13)19-9-5-7-16-6-3-4-8-17(16)19/h3-10H,1-2H3. The molecule has 0 aliphatic heterocycles. The summed E-state index contributed by atoms with van der Waals surface area (Å²) in [6.45, 7) is 3.83. The zero-order chi connectivity index (χ0) is 16.4. The lowest BCUT2D eigenvalue weighted by molar-refractivity contribution is 0.839. The normalized spacial score (nSPS) is 10.1. The Labute approximate surface area is 134 Å². The fourth-order valence-electron chi connectivity index (χ4n) is 2.73. The Kier molecular flexibility index (Phi) is 3.66. The summed E-state index contributed by atoms with van der Waals surface area (Å²) in [6, 6.07) is 18.0. The summed E-state index contributed by atoms with van der Waals surface area (Å²) >= 11 is 0. The first kappa shape index (κ1) is 14.6. The van der Waals surface area contributed by atoms with Crippen molar-refractivity contribution in [2.45, 2.75) is 13.8 Å². The first-order valence-corrected chi connectivity index (χ1v) is 7.22. The van der Waals surface area contributed by atoms with Gasteiger partial charge in [-0.05, 0) is 31.4 Å². The van der Waals surface area contributed by atoms with Gasteiger partial charge in [-0.2, -0.15) is 15.6 Å². The van der Waals surface area contributed by atoms with Crippen molar-refractivity contribution in [2.24, 2.45) is 0 Å². The number of hydrogen-bond donors (Lipinski definition) is 0. The molecule has 0 aliphatic carbocycles. The van der Waals surface area contributed by atoms with Gasteiger partial charge in [0.15, 0.2) is 0 Å². The highest BCUT2D eigenvalue weighted by molar-refractivity contribution is 5.90. The minimum Gasteiger partial charge on any atom is -0.237 e. The van der Waals surface area contributed by atoms with Gasteiger partial charge in [-0.1, -0.05) is 36.4 Å². The molecule has 0 atom stereocenters. The molecule has 0 fully saturated rings. The molecule has 0 bridgehead atoms. The van der Waals surface area contributed by atoms with E-state index < -0.39 is 0 Å². The summed E-state index contributed by atoms with van der Waals surface area (Å²) in [7, 11) is 0. The lowest BCUT2D eigenvalue weighted by Crippen LogP contribution is -2.00. The van der Waals surface area contributed by atoms with E-state index in [0.717, 1.165) is 33.4 Å². The molecule has 3 rings (SSSR count). The minimum atomic E-state index is 0.0775. The van der Waals surface area contributed by atoms with Crippen molar-refractivity contribution in [3.05, 3.63) is 65.0 Å². The molecule has 2 aromatic carbocycles. The summed E-state index contributed by atoms with van der Waals surface area (Å²) < 4.78 is 1.87. The van der Waals surface area contributed by atoms with Crippen LogP contribution >= 0.6 is 0 Å². The maximum atomic E-state index is 8.97. The topological polar surface area (TPSA) is 65.4 Å². The fraction of sp³-hybridized carbons (Fsp3) is 0.105. The van der Waals surface area contributed by atoms with E-state index in [1.165, 1.54) is 0 Å². The van der Waals surface area contributed by atoms with Gasteiger partial charge in [0.1, 0.15) is 17.7 Å². The molecule has 1 aromatic heterocycles. The summed E-state index contributed by atoms with van der Waals surface area (Å²) in [4.78, 5) is 0. The van der Waals surface area contributed by atoms with E-state index in [2.05, 4.69) is 23.3 Å². The van der Waals surface area contributed by atoms with E-state index in [4.69, 9.17) is 10.5 Å². The van der Waals surface area contributed by atoms with Crippen molar-refractivity contribution >= 4 is 16.8 Å². The second-order valence-electron chi connectivity index (χ2n) is 5.28. The van der Waals surface area contributed by atoms with Crippen LogP contribution in [0.15, 0.2) is 48.0 Å². The van der Waals surface area contributed by atoms with Crippen LogP contribution in [-0.4, -0.2) is 9.78 Å². The average molecular weight is 298 g/mol. The molecule has 0 aliphatic rings. The van der Waals surface area contributed by atoms with Gasteiger partial charge in [0.2, 0.25) is 0 Å².